The van der Waals surface area contributed by atoms with E-state index in [0.717, 1.165) is 6.42 Å². The molecule has 1 aliphatic heterocycles. The lowest BCUT2D eigenvalue weighted by Crippen LogP contribution is -2.52. The lowest BCUT2D eigenvalue weighted by Gasteiger charge is -2.38. The molecule has 3 amide bonds. The van der Waals surface area contributed by atoms with Crippen molar-refractivity contribution in [2.45, 2.75) is 25.8 Å². The molecule has 164 valence electrons. The van der Waals surface area contributed by atoms with E-state index in [1.807, 2.05) is 6.92 Å². The Balaban J connectivity index is 2.16. The zero-order valence-electron chi connectivity index (χ0n) is 17.1. The van der Waals surface area contributed by atoms with E-state index in [1.165, 1.54) is 47.9 Å². The molecule has 1 unspecified atom stereocenters. The molecule has 31 heavy (non-hydrogen) atoms. The number of carbonyl (C=O) groups excluding carboxylic acids is 3. The average Bonchev–Trinajstić information content (AvgIpc) is 2.73. The number of aliphatic imine (C=N–C) groups is 1. The largest absolute Gasteiger partial charge is 0.404 e. The van der Waals surface area contributed by atoms with Crippen molar-refractivity contribution in [1.82, 2.24) is 9.88 Å². The second-order valence-corrected chi connectivity index (χ2v) is 7.13. The summed E-state index contributed by atoms with van der Waals surface area (Å²) in [7, 11) is 0. The van der Waals surface area contributed by atoms with Crippen molar-refractivity contribution in [2.24, 2.45) is 28.1 Å². The highest BCUT2D eigenvalue weighted by Gasteiger charge is 2.34. The van der Waals surface area contributed by atoms with Crippen molar-refractivity contribution < 1.29 is 14.4 Å². The van der Waals surface area contributed by atoms with Gasteiger partial charge in [-0.25, -0.2) is 4.99 Å². The molecule has 2 heterocycles. The maximum atomic E-state index is 12.9. The lowest BCUT2D eigenvalue weighted by molar-refractivity contribution is -0.145. The van der Waals surface area contributed by atoms with Gasteiger partial charge >= 0.3 is 11.8 Å². The van der Waals surface area contributed by atoms with Crippen molar-refractivity contribution >= 4 is 35.5 Å². The first-order chi connectivity index (χ1) is 14.7. The summed E-state index contributed by atoms with van der Waals surface area (Å²) in [4.78, 5) is 45.8. The van der Waals surface area contributed by atoms with E-state index < -0.39 is 23.8 Å². The van der Waals surface area contributed by atoms with E-state index in [1.54, 1.807) is 0 Å². The smallest absolute Gasteiger partial charge is 0.313 e. The van der Waals surface area contributed by atoms with Crippen LogP contribution in [-0.2, 0) is 9.59 Å². The highest BCUT2D eigenvalue weighted by atomic mass is 16.2. The molecule has 1 aromatic heterocycles. The third kappa shape index (κ3) is 6.49. The molecular weight excluding hydrogens is 400 g/mol. The van der Waals surface area contributed by atoms with Gasteiger partial charge in [-0.05, 0) is 43.2 Å². The Bertz CT molecular complexity index is 953. The molecule has 11 nitrogen and oxygen atoms in total. The Morgan fingerprint density at radius 2 is 2.03 bits per heavy atom. The number of piperidine rings is 1. The number of anilines is 1. The molecular formula is C20H26N8O3. The molecule has 0 radical (unpaired) electrons. The molecule has 0 saturated carbocycles. The number of allylic oxidation sites excluding steroid dienone is 1. The minimum absolute atomic E-state index is 0.0528. The van der Waals surface area contributed by atoms with Crippen LogP contribution in [0.2, 0.25) is 0 Å². The quantitative estimate of drug-likeness (QED) is 0.252. The Hall–Kier alpha value is -4.02. The van der Waals surface area contributed by atoms with Crippen LogP contribution < -0.4 is 22.5 Å². The summed E-state index contributed by atoms with van der Waals surface area (Å²) in [6.45, 7) is 2.34. The molecule has 0 spiro atoms. The Morgan fingerprint density at radius 3 is 2.71 bits per heavy atom. The Morgan fingerprint density at radius 1 is 1.29 bits per heavy atom. The number of likely N-dealkylation sites (tertiary alicyclic amines) is 1. The van der Waals surface area contributed by atoms with Gasteiger partial charge in [0.25, 0.3) is 0 Å². The summed E-state index contributed by atoms with van der Waals surface area (Å²) in [5.41, 5.74) is 17.2. The predicted octanol–water partition coefficient (Wildman–Crippen LogP) is 0.109. The standard InChI is InChI=1S/C20H26N8O3/c1-12-2-3-16(15(22)5-7-26-17(23)4-6-21)28(11-12)20(31)19(30)27-14-8-13(18(24)29)9-25-10-14/h4-10,12,16,23H,2-3,11,21-22H2,1H3,(H2,24,29)(H,27,30)/b6-4-,15-5?,23-17?,26-7?/t12-,16?/m0/s1. The van der Waals surface area contributed by atoms with Gasteiger partial charge in [0.2, 0.25) is 5.91 Å². The number of hydrogen-bond acceptors (Lipinski definition) is 7. The van der Waals surface area contributed by atoms with Gasteiger partial charge in [0.05, 0.1) is 23.5 Å². The van der Waals surface area contributed by atoms with Gasteiger partial charge in [0, 0.05) is 24.7 Å². The molecule has 1 fully saturated rings. The monoisotopic (exact) mass is 426 g/mol. The van der Waals surface area contributed by atoms with Gasteiger partial charge in [-0.3, -0.25) is 24.8 Å². The molecule has 1 aromatic rings. The summed E-state index contributed by atoms with van der Waals surface area (Å²) in [5.74, 6) is -2.19. The Kier molecular flexibility index (Phi) is 8.01. The SMILES string of the molecule is C[C@H]1CCC(C(N)=CC=NC(=N)/C=C\N)N(C(=O)C(=O)Nc2cncc(C(N)=O)c2)C1. The number of amidine groups is 1. The fraction of sp³-hybridized carbons (Fsp3) is 0.300. The van der Waals surface area contributed by atoms with Crippen LogP contribution in [0.1, 0.15) is 30.1 Å². The number of amides is 3. The fourth-order valence-electron chi connectivity index (χ4n) is 3.13. The first-order valence-corrected chi connectivity index (χ1v) is 9.56. The van der Waals surface area contributed by atoms with Crippen LogP contribution in [0, 0.1) is 11.3 Å². The van der Waals surface area contributed by atoms with Crippen molar-refractivity contribution in [2.75, 3.05) is 11.9 Å². The number of rotatable bonds is 5. The van der Waals surface area contributed by atoms with Gasteiger partial charge in [-0.2, -0.15) is 0 Å². The Labute approximate surface area is 179 Å². The van der Waals surface area contributed by atoms with E-state index in [2.05, 4.69) is 15.3 Å². The van der Waals surface area contributed by atoms with Crippen LogP contribution >= 0.6 is 0 Å². The third-order valence-corrected chi connectivity index (χ3v) is 4.67. The normalized spacial score (nSPS) is 19.5. The first-order valence-electron chi connectivity index (χ1n) is 9.56. The van der Waals surface area contributed by atoms with E-state index in [4.69, 9.17) is 22.6 Å². The lowest BCUT2D eigenvalue weighted by atomic mass is 9.92. The van der Waals surface area contributed by atoms with Gasteiger partial charge < -0.3 is 27.4 Å². The van der Waals surface area contributed by atoms with Crippen molar-refractivity contribution in [3.63, 3.8) is 0 Å². The highest BCUT2D eigenvalue weighted by Crippen LogP contribution is 2.25. The maximum absolute atomic E-state index is 12.9. The number of nitrogens with two attached hydrogens (primary N) is 3. The van der Waals surface area contributed by atoms with E-state index in [-0.39, 0.29) is 23.0 Å². The molecule has 8 N–H and O–H groups in total. The third-order valence-electron chi connectivity index (χ3n) is 4.67. The summed E-state index contributed by atoms with van der Waals surface area (Å²) < 4.78 is 0. The molecule has 0 aliphatic carbocycles. The van der Waals surface area contributed by atoms with Gasteiger partial charge in [0.15, 0.2) is 0 Å². The molecule has 11 heteroatoms. The number of aromatic nitrogens is 1. The van der Waals surface area contributed by atoms with Crippen LogP contribution in [-0.4, -0.2) is 52.2 Å². The van der Waals surface area contributed by atoms with Crippen LogP contribution in [0.3, 0.4) is 0 Å². The number of primary amides is 1. The molecule has 0 aromatic carbocycles. The minimum Gasteiger partial charge on any atom is -0.404 e. The molecule has 0 bridgehead atoms. The van der Waals surface area contributed by atoms with Crippen molar-refractivity contribution in [1.29, 1.82) is 5.41 Å². The van der Waals surface area contributed by atoms with Crippen LogP contribution in [0.15, 0.2) is 47.5 Å². The maximum Gasteiger partial charge on any atom is 0.313 e. The summed E-state index contributed by atoms with van der Waals surface area (Å²) in [6.07, 6.45) is 9.33. The van der Waals surface area contributed by atoms with Crippen LogP contribution in [0.5, 0.6) is 0 Å². The van der Waals surface area contributed by atoms with Gasteiger partial charge in [0.1, 0.15) is 5.84 Å². The predicted molar refractivity (Wildman–Crippen MR) is 117 cm³/mol. The molecule has 1 aliphatic rings. The van der Waals surface area contributed by atoms with Crippen molar-refractivity contribution in [3.05, 3.63) is 48.1 Å². The second-order valence-electron chi connectivity index (χ2n) is 7.13. The zero-order chi connectivity index (χ0) is 23.0. The van der Waals surface area contributed by atoms with Crippen molar-refractivity contribution in [3.8, 4) is 0 Å². The molecule has 1 saturated heterocycles. The molecule has 2 rings (SSSR count). The summed E-state index contributed by atoms with van der Waals surface area (Å²) >= 11 is 0. The number of nitrogens with zero attached hydrogens (tertiary/aromatic N) is 3. The molecule has 2 atom stereocenters. The minimum atomic E-state index is -0.876. The fourth-order valence-corrected chi connectivity index (χ4v) is 3.13. The van der Waals surface area contributed by atoms with Gasteiger partial charge in [-0.1, -0.05) is 6.92 Å². The van der Waals surface area contributed by atoms with Gasteiger partial charge in [-0.15, -0.1) is 0 Å². The number of pyridine rings is 1. The topological polar surface area (TPSA) is 194 Å². The first kappa shape index (κ1) is 23.3. The summed E-state index contributed by atoms with van der Waals surface area (Å²) in [5, 5.41) is 9.98. The number of carbonyl (C=O) groups is 3. The van der Waals surface area contributed by atoms with Crippen LogP contribution in [0.4, 0.5) is 5.69 Å². The highest BCUT2D eigenvalue weighted by molar-refractivity contribution is 6.39. The summed E-state index contributed by atoms with van der Waals surface area (Å²) in [6, 6.07) is 0.849. The second kappa shape index (κ2) is 10.7. The number of nitrogens with one attached hydrogen (secondary N) is 2. The average molecular weight is 426 g/mol. The number of hydrogen-bond donors (Lipinski definition) is 5. The van der Waals surface area contributed by atoms with E-state index >= 15 is 0 Å². The van der Waals surface area contributed by atoms with E-state index in [0.29, 0.717) is 18.7 Å². The van der Waals surface area contributed by atoms with E-state index in [9.17, 15) is 14.4 Å². The zero-order valence-corrected chi connectivity index (χ0v) is 17.1. The van der Waals surface area contributed by atoms with Crippen LogP contribution in [0.25, 0.3) is 0 Å².